The molecule has 1 heterocycles. The summed E-state index contributed by atoms with van der Waals surface area (Å²) in [5.74, 6) is 0.664. The lowest BCUT2D eigenvalue weighted by molar-refractivity contribution is 0.545. The topological polar surface area (TPSA) is 12.0 Å². The van der Waals surface area contributed by atoms with E-state index >= 15 is 0 Å². The van der Waals surface area contributed by atoms with Crippen molar-refractivity contribution < 1.29 is 0 Å². The van der Waals surface area contributed by atoms with Crippen LogP contribution in [0.2, 0.25) is 0 Å². The predicted molar refractivity (Wildman–Crippen MR) is 51.6 cm³/mol. The molecule has 0 saturated carbocycles. The maximum absolute atomic E-state index is 5.85. The highest BCUT2D eigenvalue weighted by Crippen LogP contribution is 2.22. The van der Waals surface area contributed by atoms with Crippen LogP contribution in [-0.2, 0) is 6.42 Å². The van der Waals surface area contributed by atoms with E-state index in [1.165, 1.54) is 11.1 Å². The average Bonchev–Trinajstić information content (AvgIpc) is 2.17. The Bertz CT molecular complexity index is 272. The first kappa shape index (κ1) is 8.09. The second-order valence-electron chi connectivity index (χ2n) is 3.11. The number of fused-ring (bicyclic) bond motifs is 1. The lowest BCUT2D eigenvalue weighted by atomic mass is 9.95. The molecule has 1 N–H and O–H groups in total. The van der Waals surface area contributed by atoms with Crippen LogP contribution in [0.3, 0.4) is 0 Å². The minimum atomic E-state index is 0.358. The molecule has 0 saturated heterocycles. The van der Waals surface area contributed by atoms with E-state index in [2.05, 4.69) is 29.6 Å². The van der Waals surface area contributed by atoms with Gasteiger partial charge in [0.05, 0.1) is 0 Å². The monoisotopic (exact) mass is 181 g/mol. The second kappa shape index (κ2) is 3.46. The smallest absolute Gasteiger partial charge is 0.0460 e. The van der Waals surface area contributed by atoms with Gasteiger partial charge in [-0.05, 0) is 24.1 Å². The normalized spacial score (nSPS) is 21.9. The van der Waals surface area contributed by atoms with Gasteiger partial charge in [-0.15, -0.1) is 11.6 Å². The Labute approximate surface area is 77.7 Å². The third-order valence-corrected chi connectivity index (χ3v) is 2.68. The van der Waals surface area contributed by atoms with Crippen LogP contribution in [0.4, 0.5) is 0 Å². The van der Waals surface area contributed by atoms with Gasteiger partial charge in [0, 0.05) is 11.9 Å². The van der Waals surface area contributed by atoms with E-state index < -0.39 is 0 Å². The Balaban J connectivity index is 2.37. The summed E-state index contributed by atoms with van der Waals surface area (Å²) in [6.45, 7) is 1.05. The average molecular weight is 182 g/mol. The fraction of sp³-hybridized carbons (Fsp3) is 0.400. The van der Waals surface area contributed by atoms with E-state index in [1.807, 2.05) is 0 Å². The van der Waals surface area contributed by atoms with E-state index in [0.29, 0.717) is 11.9 Å². The Morgan fingerprint density at radius 2 is 2.25 bits per heavy atom. The van der Waals surface area contributed by atoms with E-state index in [-0.39, 0.29) is 0 Å². The summed E-state index contributed by atoms with van der Waals surface area (Å²) in [6, 6.07) is 8.88. The molecule has 0 fully saturated rings. The van der Waals surface area contributed by atoms with Gasteiger partial charge in [0.25, 0.3) is 0 Å². The Morgan fingerprint density at radius 3 is 3.08 bits per heavy atom. The summed E-state index contributed by atoms with van der Waals surface area (Å²) in [7, 11) is 0. The molecule has 1 nitrogen and oxygen atoms in total. The Kier molecular flexibility index (Phi) is 2.33. The molecule has 64 valence electrons. The highest BCUT2D eigenvalue weighted by Gasteiger charge is 2.17. The molecule has 1 aliphatic heterocycles. The summed E-state index contributed by atoms with van der Waals surface area (Å²) in [5.41, 5.74) is 2.82. The van der Waals surface area contributed by atoms with E-state index in [1.54, 1.807) is 0 Å². The van der Waals surface area contributed by atoms with Crippen molar-refractivity contribution in [3.8, 4) is 0 Å². The fourth-order valence-corrected chi connectivity index (χ4v) is 2.01. The molecule has 0 aromatic heterocycles. The summed E-state index contributed by atoms with van der Waals surface area (Å²) in [4.78, 5) is 0. The predicted octanol–water partition coefficient (Wildman–Crippen LogP) is 2.11. The van der Waals surface area contributed by atoms with Crippen LogP contribution in [0.1, 0.15) is 17.2 Å². The molecule has 0 radical (unpaired) electrons. The number of hydrogen-bond acceptors (Lipinski definition) is 1. The molecule has 1 aromatic carbocycles. The van der Waals surface area contributed by atoms with Crippen LogP contribution in [-0.4, -0.2) is 12.4 Å². The maximum Gasteiger partial charge on any atom is 0.0460 e. The van der Waals surface area contributed by atoms with Crippen molar-refractivity contribution in [3.63, 3.8) is 0 Å². The molecule has 0 bridgehead atoms. The van der Waals surface area contributed by atoms with Crippen LogP contribution in [0.15, 0.2) is 24.3 Å². The summed E-state index contributed by atoms with van der Waals surface area (Å²) in [5, 5.41) is 3.39. The number of hydrogen-bond donors (Lipinski definition) is 1. The van der Waals surface area contributed by atoms with E-state index in [4.69, 9.17) is 11.6 Å². The number of halogens is 1. The van der Waals surface area contributed by atoms with Gasteiger partial charge in [0.2, 0.25) is 0 Å². The molecule has 2 heteroatoms. The lowest BCUT2D eigenvalue weighted by Gasteiger charge is -2.24. The van der Waals surface area contributed by atoms with Gasteiger partial charge in [0.1, 0.15) is 0 Å². The molecule has 12 heavy (non-hydrogen) atoms. The van der Waals surface area contributed by atoms with Crippen LogP contribution < -0.4 is 5.32 Å². The first-order valence-corrected chi connectivity index (χ1v) is 4.82. The molecule has 1 atom stereocenters. The zero-order valence-corrected chi connectivity index (χ0v) is 7.64. The highest BCUT2D eigenvalue weighted by molar-refractivity contribution is 6.18. The molecule has 1 aliphatic rings. The van der Waals surface area contributed by atoms with Crippen molar-refractivity contribution in [1.82, 2.24) is 5.32 Å². The number of benzene rings is 1. The molecule has 1 aromatic rings. The summed E-state index contributed by atoms with van der Waals surface area (Å²) >= 11 is 5.85. The van der Waals surface area contributed by atoms with Crippen LogP contribution in [0.5, 0.6) is 0 Å². The van der Waals surface area contributed by atoms with Crippen molar-refractivity contribution in [1.29, 1.82) is 0 Å². The van der Waals surface area contributed by atoms with Crippen molar-refractivity contribution in [2.75, 3.05) is 12.4 Å². The van der Waals surface area contributed by atoms with E-state index in [9.17, 15) is 0 Å². The van der Waals surface area contributed by atoms with Crippen LogP contribution in [0.25, 0.3) is 0 Å². The van der Waals surface area contributed by atoms with Gasteiger partial charge in [-0.2, -0.15) is 0 Å². The number of rotatable bonds is 1. The fourth-order valence-electron chi connectivity index (χ4n) is 1.73. The van der Waals surface area contributed by atoms with Gasteiger partial charge in [0.15, 0.2) is 0 Å². The molecular formula is C10H12ClN. The third kappa shape index (κ3) is 1.35. The SMILES string of the molecule is ClCC1NCCc2ccccc21. The zero-order valence-electron chi connectivity index (χ0n) is 6.89. The van der Waals surface area contributed by atoms with Crippen LogP contribution in [0, 0.1) is 0 Å². The number of nitrogens with one attached hydrogen (secondary N) is 1. The molecule has 0 aliphatic carbocycles. The van der Waals surface area contributed by atoms with Crippen molar-refractivity contribution in [2.45, 2.75) is 12.5 Å². The van der Waals surface area contributed by atoms with Crippen LogP contribution >= 0.6 is 11.6 Å². The molecule has 1 unspecified atom stereocenters. The summed E-state index contributed by atoms with van der Waals surface area (Å²) < 4.78 is 0. The first-order valence-electron chi connectivity index (χ1n) is 4.29. The largest absolute Gasteiger partial charge is 0.309 e. The van der Waals surface area contributed by atoms with Gasteiger partial charge in [-0.25, -0.2) is 0 Å². The van der Waals surface area contributed by atoms with Crippen molar-refractivity contribution in [3.05, 3.63) is 35.4 Å². The highest BCUT2D eigenvalue weighted by atomic mass is 35.5. The Hall–Kier alpha value is -0.530. The molecule has 0 spiro atoms. The van der Waals surface area contributed by atoms with Gasteiger partial charge in [-0.3, -0.25) is 0 Å². The van der Waals surface area contributed by atoms with Crippen molar-refractivity contribution in [2.24, 2.45) is 0 Å². The minimum Gasteiger partial charge on any atom is -0.309 e. The molecular weight excluding hydrogens is 170 g/mol. The number of alkyl halides is 1. The Morgan fingerprint density at radius 1 is 1.42 bits per heavy atom. The molecule has 2 rings (SSSR count). The summed E-state index contributed by atoms with van der Waals surface area (Å²) in [6.07, 6.45) is 1.13. The quantitative estimate of drug-likeness (QED) is 0.655. The van der Waals surface area contributed by atoms with Gasteiger partial charge in [-0.1, -0.05) is 24.3 Å². The van der Waals surface area contributed by atoms with E-state index in [0.717, 1.165) is 13.0 Å². The third-order valence-electron chi connectivity index (χ3n) is 2.37. The zero-order chi connectivity index (χ0) is 8.39. The lowest BCUT2D eigenvalue weighted by Crippen LogP contribution is -2.30. The maximum atomic E-state index is 5.85. The second-order valence-corrected chi connectivity index (χ2v) is 3.42. The standard InChI is InChI=1S/C10H12ClN/c11-7-10-9-4-2-1-3-8(9)5-6-12-10/h1-4,10,12H,5-7H2. The van der Waals surface area contributed by atoms with Gasteiger partial charge < -0.3 is 5.32 Å². The van der Waals surface area contributed by atoms with Crippen molar-refractivity contribution >= 4 is 11.6 Å². The first-order chi connectivity index (χ1) is 5.92. The minimum absolute atomic E-state index is 0.358. The molecule has 0 amide bonds. The van der Waals surface area contributed by atoms with Gasteiger partial charge >= 0.3 is 0 Å².